The molecule has 0 unspecified atom stereocenters. The van der Waals surface area contributed by atoms with Crippen LogP contribution >= 0.6 is 0 Å². The van der Waals surface area contributed by atoms with Crippen molar-refractivity contribution in [1.29, 1.82) is 0 Å². The highest BCUT2D eigenvalue weighted by Gasteiger charge is 2.14. The third kappa shape index (κ3) is 4.11. The van der Waals surface area contributed by atoms with E-state index in [1.165, 1.54) is 16.5 Å². The van der Waals surface area contributed by atoms with Crippen LogP contribution in [0.25, 0.3) is 11.0 Å². The van der Waals surface area contributed by atoms with Crippen molar-refractivity contribution in [3.8, 4) is 5.75 Å². The van der Waals surface area contributed by atoms with Crippen molar-refractivity contribution in [1.82, 2.24) is 0 Å². The monoisotopic (exact) mass is 345 g/mol. The molecule has 0 atom stereocenters. The summed E-state index contributed by atoms with van der Waals surface area (Å²) >= 11 is 0. The topological polar surface area (TPSA) is 50.0 Å². The molecule has 1 aromatic heterocycles. The van der Waals surface area contributed by atoms with Gasteiger partial charge in [0.25, 0.3) is 0 Å². The van der Waals surface area contributed by atoms with Gasteiger partial charge in [0.1, 0.15) is 17.1 Å². The number of hydrogen-bond acceptors (Lipinski definition) is 2. The van der Waals surface area contributed by atoms with Crippen LogP contribution in [0.3, 0.4) is 0 Å². The first-order chi connectivity index (χ1) is 11.3. The standard InChI is InChI=1S/C20H23NO2.ClH/c1-22-16-10-11-20-18(14-16)17(12-13-21)19(23-20)9-5-8-15-6-3-2-4-7-15;/h2-4,6-7,10-11,14H,5,8-9,12-13,21H2,1H3;1H. The summed E-state index contributed by atoms with van der Waals surface area (Å²) in [6.45, 7) is 0.873. The first-order valence-corrected chi connectivity index (χ1v) is 8.23. The van der Waals surface area contributed by atoms with Crippen LogP contribution < -0.4 is 22.9 Å². The van der Waals surface area contributed by atoms with Gasteiger partial charge in [-0.1, -0.05) is 30.3 Å². The Labute approximate surface area is 149 Å². The second-order valence-electron chi connectivity index (χ2n) is 5.81. The van der Waals surface area contributed by atoms with E-state index in [4.69, 9.17) is 9.15 Å². The quantitative estimate of drug-likeness (QED) is 0.674. The predicted octanol–water partition coefficient (Wildman–Crippen LogP) is 0.405. The van der Waals surface area contributed by atoms with Gasteiger partial charge in [-0.05, 0) is 36.6 Å². The molecule has 3 nitrogen and oxygen atoms in total. The fourth-order valence-electron chi connectivity index (χ4n) is 3.06. The number of benzene rings is 2. The molecule has 0 saturated heterocycles. The maximum absolute atomic E-state index is 6.11. The van der Waals surface area contributed by atoms with Gasteiger partial charge in [-0.25, -0.2) is 0 Å². The molecule has 128 valence electrons. The number of halogens is 1. The van der Waals surface area contributed by atoms with Gasteiger partial charge in [0.05, 0.1) is 13.7 Å². The normalized spacial score (nSPS) is 10.6. The Hall–Kier alpha value is -1.97. The number of aryl methyl sites for hydroxylation is 2. The predicted molar refractivity (Wildman–Crippen MR) is 92.7 cm³/mol. The number of methoxy groups -OCH3 is 1. The van der Waals surface area contributed by atoms with Gasteiger partial charge in [-0.15, -0.1) is 0 Å². The fraction of sp³-hybridized carbons (Fsp3) is 0.300. The molecule has 0 saturated carbocycles. The molecule has 0 bridgehead atoms. The van der Waals surface area contributed by atoms with Gasteiger partial charge >= 0.3 is 0 Å². The van der Waals surface area contributed by atoms with Crippen molar-refractivity contribution in [3.63, 3.8) is 0 Å². The van der Waals surface area contributed by atoms with Gasteiger partial charge in [0.2, 0.25) is 0 Å². The Morgan fingerprint density at radius 1 is 1.00 bits per heavy atom. The average Bonchev–Trinajstić information content (AvgIpc) is 2.93. The zero-order valence-corrected chi connectivity index (χ0v) is 14.8. The van der Waals surface area contributed by atoms with Crippen molar-refractivity contribution < 1.29 is 27.3 Å². The molecule has 3 rings (SSSR count). The Morgan fingerprint density at radius 3 is 2.50 bits per heavy atom. The van der Waals surface area contributed by atoms with Crippen LogP contribution in [0.4, 0.5) is 0 Å². The molecule has 0 aliphatic carbocycles. The maximum Gasteiger partial charge on any atom is 0.134 e. The first-order valence-electron chi connectivity index (χ1n) is 8.23. The van der Waals surface area contributed by atoms with E-state index in [9.17, 15) is 0 Å². The molecule has 4 heteroatoms. The molecule has 0 amide bonds. The van der Waals surface area contributed by atoms with Crippen molar-refractivity contribution in [2.45, 2.75) is 25.7 Å². The van der Waals surface area contributed by atoms with Crippen molar-refractivity contribution >= 4 is 11.0 Å². The molecule has 0 aliphatic rings. The number of rotatable bonds is 7. The highest BCUT2D eigenvalue weighted by molar-refractivity contribution is 5.83. The summed E-state index contributed by atoms with van der Waals surface area (Å²) in [5, 5.41) is 1.17. The third-order valence-electron chi connectivity index (χ3n) is 4.22. The van der Waals surface area contributed by atoms with E-state index in [1.54, 1.807) is 7.11 Å². The number of quaternary nitrogens is 1. The van der Waals surface area contributed by atoms with Crippen LogP contribution in [-0.2, 0) is 19.3 Å². The Bertz CT molecular complexity index is 768. The minimum absolute atomic E-state index is 0. The summed E-state index contributed by atoms with van der Waals surface area (Å²) in [6.07, 6.45) is 4.07. The van der Waals surface area contributed by atoms with E-state index in [0.717, 1.165) is 49.3 Å². The summed E-state index contributed by atoms with van der Waals surface area (Å²) < 4.78 is 11.5. The van der Waals surface area contributed by atoms with Crippen LogP contribution in [0, 0.1) is 0 Å². The minimum Gasteiger partial charge on any atom is -1.00 e. The second-order valence-corrected chi connectivity index (χ2v) is 5.81. The third-order valence-corrected chi connectivity index (χ3v) is 4.22. The second kappa shape index (κ2) is 8.76. The van der Waals surface area contributed by atoms with Gasteiger partial charge < -0.3 is 27.3 Å². The fourth-order valence-corrected chi connectivity index (χ4v) is 3.06. The highest BCUT2D eigenvalue weighted by Crippen LogP contribution is 2.30. The summed E-state index contributed by atoms with van der Waals surface area (Å²) in [7, 11) is 1.70. The van der Waals surface area contributed by atoms with Crippen LogP contribution in [-0.4, -0.2) is 13.7 Å². The van der Waals surface area contributed by atoms with E-state index in [0.29, 0.717) is 0 Å². The number of ether oxygens (including phenoxy) is 1. The van der Waals surface area contributed by atoms with Crippen molar-refractivity contribution in [2.75, 3.05) is 13.7 Å². The molecule has 0 fully saturated rings. The van der Waals surface area contributed by atoms with E-state index >= 15 is 0 Å². The molecular weight excluding hydrogens is 322 g/mol. The van der Waals surface area contributed by atoms with Crippen molar-refractivity contribution in [2.24, 2.45) is 0 Å². The van der Waals surface area contributed by atoms with Crippen molar-refractivity contribution in [3.05, 3.63) is 65.4 Å². The number of furan rings is 1. The summed E-state index contributed by atoms with van der Waals surface area (Å²) in [5.74, 6) is 1.98. The van der Waals surface area contributed by atoms with Gasteiger partial charge in [0, 0.05) is 23.8 Å². The number of hydrogen-bond donors (Lipinski definition) is 1. The van der Waals surface area contributed by atoms with Crippen LogP contribution in [0.1, 0.15) is 23.3 Å². The van der Waals surface area contributed by atoms with Gasteiger partial charge in [0.15, 0.2) is 0 Å². The maximum atomic E-state index is 6.11. The van der Waals surface area contributed by atoms with Gasteiger partial charge in [-0.2, -0.15) is 0 Å². The summed E-state index contributed by atoms with van der Waals surface area (Å²) in [4.78, 5) is 0. The van der Waals surface area contributed by atoms with E-state index in [1.807, 2.05) is 12.1 Å². The van der Waals surface area contributed by atoms with Crippen LogP contribution in [0.15, 0.2) is 52.9 Å². The lowest BCUT2D eigenvalue weighted by Crippen LogP contribution is -3.00. The first kappa shape index (κ1) is 18.4. The zero-order chi connectivity index (χ0) is 16.1. The molecule has 0 spiro atoms. The molecule has 2 aromatic carbocycles. The molecule has 1 heterocycles. The molecule has 24 heavy (non-hydrogen) atoms. The van der Waals surface area contributed by atoms with Crippen LogP contribution in [0.2, 0.25) is 0 Å². The Balaban J connectivity index is 0.00000208. The minimum atomic E-state index is 0. The lowest BCUT2D eigenvalue weighted by molar-refractivity contribution is -0.366. The van der Waals surface area contributed by atoms with Gasteiger partial charge in [-0.3, -0.25) is 0 Å². The van der Waals surface area contributed by atoms with E-state index < -0.39 is 0 Å². The smallest absolute Gasteiger partial charge is 0.134 e. The lowest BCUT2D eigenvalue weighted by Gasteiger charge is -2.03. The average molecular weight is 346 g/mol. The Morgan fingerprint density at radius 2 is 1.79 bits per heavy atom. The lowest BCUT2D eigenvalue weighted by atomic mass is 10.0. The van der Waals surface area contributed by atoms with E-state index in [-0.39, 0.29) is 12.4 Å². The summed E-state index contributed by atoms with van der Waals surface area (Å²) in [6, 6.07) is 16.6. The number of fused-ring (bicyclic) bond motifs is 1. The molecule has 0 radical (unpaired) electrons. The molecule has 3 N–H and O–H groups in total. The highest BCUT2D eigenvalue weighted by atomic mass is 35.5. The van der Waals surface area contributed by atoms with Crippen LogP contribution in [0.5, 0.6) is 5.75 Å². The summed E-state index contributed by atoms with van der Waals surface area (Å²) in [5.41, 5.74) is 7.63. The molecule has 0 aliphatic heterocycles. The van der Waals surface area contributed by atoms with E-state index in [2.05, 4.69) is 42.1 Å². The Kier molecular flexibility index (Phi) is 6.71. The molecule has 3 aromatic rings. The SMILES string of the molecule is COc1ccc2oc(CCCc3ccccc3)c(CC[NH3+])c2c1.[Cl-]. The zero-order valence-electron chi connectivity index (χ0n) is 14.1. The largest absolute Gasteiger partial charge is 1.00 e. The molecular formula is C20H24ClNO2.